The van der Waals surface area contributed by atoms with E-state index in [1.807, 2.05) is 6.07 Å². The number of carbonyl (C=O) groups is 2. The molecule has 0 heterocycles. The first-order valence-electron chi connectivity index (χ1n) is 7.35. The van der Waals surface area contributed by atoms with E-state index >= 15 is 0 Å². The van der Waals surface area contributed by atoms with E-state index in [1.54, 1.807) is 56.7 Å². The number of hydrogen-bond acceptors (Lipinski definition) is 4. The molecule has 0 unspecified atom stereocenters. The standard InChI is InChI=1S/C19H19NO4/c1-13(21)15-6-8-16(9-7-15)20-19(22)11-5-14-4-10-17(23-2)18(12-14)24-3/h4-12H,1-3H3,(H,20,22). The van der Waals surface area contributed by atoms with Crippen molar-refractivity contribution in [3.63, 3.8) is 0 Å². The van der Waals surface area contributed by atoms with Crippen molar-refractivity contribution in [3.8, 4) is 11.5 Å². The number of carbonyl (C=O) groups excluding carboxylic acids is 2. The van der Waals surface area contributed by atoms with Gasteiger partial charge in [-0.2, -0.15) is 0 Å². The van der Waals surface area contributed by atoms with Gasteiger partial charge in [-0.3, -0.25) is 9.59 Å². The molecule has 0 atom stereocenters. The Kier molecular flexibility index (Phi) is 5.73. The summed E-state index contributed by atoms with van der Waals surface area (Å²) in [5.41, 5.74) is 2.05. The summed E-state index contributed by atoms with van der Waals surface area (Å²) in [4.78, 5) is 23.2. The minimum atomic E-state index is -0.264. The average Bonchev–Trinajstić information content (AvgIpc) is 2.60. The maximum absolute atomic E-state index is 12.0. The van der Waals surface area contributed by atoms with Crippen LogP contribution in [-0.4, -0.2) is 25.9 Å². The summed E-state index contributed by atoms with van der Waals surface area (Å²) in [6.07, 6.45) is 3.11. The third-order valence-electron chi connectivity index (χ3n) is 3.39. The molecule has 24 heavy (non-hydrogen) atoms. The zero-order valence-corrected chi connectivity index (χ0v) is 13.8. The number of ketones is 1. The van der Waals surface area contributed by atoms with Gasteiger partial charge in [-0.1, -0.05) is 6.07 Å². The number of anilines is 1. The largest absolute Gasteiger partial charge is 0.493 e. The van der Waals surface area contributed by atoms with Crippen molar-refractivity contribution >= 4 is 23.5 Å². The van der Waals surface area contributed by atoms with Gasteiger partial charge < -0.3 is 14.8 Å². The zero-order valence-electron chi connectivity index (χ0n) is 13.8. The topological polar surface area (TPSA) is 64.6 Å². The van der Waals surface area contributed by atoms with Crippen LogP contribution >= 0.6 is 0 Å². The number of benzene rings is 2. The van der Waals surface area contributed by atoms with Crippen LogP contribution in [0.3, 0.4) is 0 Å². The molecule has 5 nitrogen and oxygen atoms in total. The molecule has 2 aromatic carbocycles. The molecule has 1 amide bonds. The second-order valence-electron chi connectivity index (χ2n) is 5.07. The minimum absolute atomic E-state index is 0.0128. The number of Topliss-reactive ketones (excluding diaryl/α,β-unsaturated/α-hetero) is 1. The summed E-state index contributed by atoms with van der Waals surface area (Å²) in [5.74, 6) is 0.950. The van der Waals surface area contributed by atoms with Crippen molar-refractivity contribution in [2.24, 2.45) is 0 Å². The Morgan fingerprint density at radius 2 is 1.62 bits per heavy atom. The van der Waals surface area contributed by atoms with E-state index in [9.17, 15) is 9.59 Å². The van der Waals surface area contributed by atoms with E-state index in [0.717, 1.165) is 5.56 Å². The van der Waals surface area contributed by atoms with Gasteiger partial charge in [-0.25, -0.2) is 0 Å². The Balaban J connectivity index is 2.03. The Morgan fingerprint density at radius 1 is 0.958 bits per heavy atom. The Bertz CT molecular complexity index is 763. The lowest BCUT2D eigenvalue weighted by atomic mass is 10.1. The van der Waals surface area contributed by atoms with Crippen LogP contribution in [0.5, 0.6) is 11.5 Å². The van der Waals surface area contributed by atoms with E-state index in [4.69, 9.17) is 9.47 Å². The third kappa shape index (κ3) is 4.46. The normalized spacial score (nSPS) is 10.5. The van der Waals surface area contributed by atoms with Crippen LogP contribution in [0.1, 0.15) is 22.8 Å². The van der Waals surface area contributed by atoms with Crippen LogP contribution in [0.25, 0.3) is 6.08 Å². The summed E-state index contributed by atoms with van der Waals surface area (Å²) in [7, 11) is 3.13. The van der Waals surface area contributed by atoms with Gasteiger partial charge in [-0.15, -0.1) is 0 Å². The van der Waals surface area contributed by atoms with E-state index in [0.29, 0.717) is 22.7 Å². The maximum Gasteiger partial charge on any atom is 0.248 e. The predicted molar refractivity (Wildman–Crippen MR) is 93.7 cm³/mol. The van der Waals surface area contributed by atoms with Gasteiger partial charge in [0.15, 0.2) is 17.3 Å². The summed E-state index contributed by atoms with van der Waals surface area (Å²) < 4.78 is 10.4. The highest BCUT2D eigenvalue weighted by Gasteiger charge is 2.04. The second kappa shape index (κ2) is 7.97. The Morgan fingerprint density at radius 3 is 2.21 bits per heavy atom. The fourth-order valence-corrected chi connectivity index (χ4v) is 2.10. The van der Waals surface area contributed by atoms with Crippen molar-refractivity contribution in [1.82, 2.24) is 0 Å². The van der Waals surface area contributed by atoms with E-state index in [-0.39, 0.29) is 11.7 Å². The molecule has 0 spiro atoms. The molecule has 0 aromatic heterocycles. The monoisotopic (exact) mass is 325 g/mol. The molecule has 0 radical (unpaired) electrons. The van der Waals surface area contributed by atoms with Crippen LogP contribution in [0.4, 0.5) is 5.69 Å². The molecular formula is C19H19NO4. The highest BCUT2D eigenvalue weighted by atomic mass is 16.5. The van der Waals surface area contributed by atoms with Crippen molar-refractivity contribution in [1.29, 1.82) is 0 Å². The third-order valence-corrected chi connectivity index (χ3v) is 3.39. The summed E-state index contributed by atoms with van der Waals surface area (Å²) in [6.45, 7) is 1.50. The number of methoxy groups -OCH3 is 2. The first kappa shape index (κ1) is 17.3. The highest BCUT2D eigenvalue weighted by molar-refractivity contribution is 6.02. The van der Waals surface area contributed by atoms with Gasteiger partial charge in [0.05, 0.1) is 14.2 Å². The zero-order chi connectivity index (χ0) is 17.5. The summed E-state index contributed by atoms with van der Waals surface area (Å²) in [6, 6.07) is 12.1. The number of ether oxygens (including phenoxy) is 2. The molecule has 0 aliphatic carbocycles. The van der Waals surface area contributed by atoms with Gasteiger partial charge in [0.2, 0.25) is 5.91 Å². The van der Waals surface area contributed by atoms with Gasteiger partial charge in [-0.05, 0) is 55.0 Å². The van der Waals surface area contributed by atoms with Crippen LogP contribution < -0.4 is 14.8 Å². The van der Waals surface area contributed by atoms with E-state index in [2.05, 4.69) is 5.32 Å². The fraction of sp³-hybridized carbons (Fsp3) is 0.158. The quantitative estimate of drug-likeness (QED) is 0.651. The van der Waals surface area contributed by atoms with E-state index < -0.39 is 0 Å². The highest BCUT2D eigenvalue weighted by Crippen LogP contribution is 2.27. The lowest BCUT2D eigenvalue weighted by molar-refractivity contribution is -0.111. The lowest BCUT2D eigenvalue weighted by Gasteiger charge is -2.07. The lowest BCUT2D eigenvalue weighted by Crippen LogP contribution is -2.07. The molecule has 0 saturated heterocycles. The fourth-order valence-electron chi connectivity index (χ4n) is 2.10. The first-order chi connectivity index (χ1) is 11.5. The summed E-state index contributed by atoms with van der Waals surface area (Å²) in [5, 5.41) is 2.74. The molecule has 0 aliphatic rings. The Hall–Kier alpha value is -3.08. The minimum Gasteiger partial charge on any atom is -0.493 e. The molecule has 0 saturated carbocycles. The van der Waals surface area contributed by atoms with Crippen molar-refractivity contribution in [2.75, 3.05) is 19.5 Å². The van der Waals surface area contributed by atoms with Gasteiger partial charge in [0, 0.05) is 17.3 Å². The van der Waals surface area contributed by atoms with Gasteiger partial charge in [0.1, 0.15) is 0 Å². The SMILES string of the molecule is COc1ccc(C=CC(=O)Nc2ccc(C(C)=O)cc2)cc1OC. The van der Waals surface area contributed by atoms with Gasteiger partial charge in [0.25, 0.3) is 0 Å². The summed E-state index contributed by atoms with van der Waals surface area (Å²) >= 11 is 0. The van der Waals surface area contributed by atoms with Crippen LogP contribution in [0, 0.1) is 0 Å². The first-order valence-corrected chi connectivity index (χ1v) is 7.35. The molecule has 2 rings (SSSR count). The average molecular weight is 325 g/mol. The van der Waals surface area contributed by atoms with E-state index in [1.165, 1.54) is 13.0 Å². The number of hydrogen-bond donors (Lipinski definition) is 1. The van der Waals surface area contributed by atoms with Crippen LogP contribution in [-0.2, 0) is 4.79 Å². The number of rotatable bonds is 6. The van der Waals surface area contributed by atoms with Gasteiger partial charge >= 0.3 is 0 Å². The van der Waals surface area contributed by atoms with Crippen LogP contribution in [0.15, 0.2) is 48.5 Å². The molecule has 0 aliphatic heterocycles. The second-order valence-corrected chi connectivity index (χ2v) is 5.07. The van der Waals surface area contributed by atoms with Crippen molar-refractivity contribution in [2.45, 2.75) is 6.92 Å². The molecule has 1 N–H and O–H groups in total. The molecular weight excluding hydrogens is 306 g/mol. The molecule has 5 heteroatoms. The predicted octanol–water partition coefficient (Wildman–Crippen LogP) is 3.56. The van der Waals surface area contributed by atoms with Crippen molar-refractivity contribution < 1.29 is 19.1 Å². The van der Waals surface area contributed by atoms with Crippen LogP contribution in [0.2, 0.25) is 0 Å². The molecule has 0 bridgehead atoms. The number of nitrogens with one attached hydrogen (secondary N) is 1. The Labute approximate surface area is 140 Å². The van der Waals surface area contributed by atoms with Crippen molar-refractivity contribution in [3.05, 3.63) is 59.7 Å². The molecule has 0 fully saturated rings. The maximum atomic E-state index is 12.0. The number of amides is 1. The smallest absolute Gasteiger partial charge is 0.248 e. The molecule has 124 valence electrons. The molecule has 2 aromatic rings.